The Kier molecular flexibility index (Phi) is 4.12. The largest absolute Gasteiger partial charge is 0.462 e. The van der Waals surface area contributed by atoms with E-state index in [1.54, 1.807) is 12.1 Å². The first-order valence-corrected chi connectivity index (χ1v) is 8.51. The van der Waals surface area contributed by atoms with Crippen LogP contribution in [0.1, 0.15) is 35.3 Å². The first-order valence-electron chi connectivity index (χ1n) is 7.36. The van der Waals surface area contributed by atoms with Crippen LogP contribution in [0, 0.1) is 5.92 Å². The first kappa shape index (κ1) is 15.0. The Bertz CT molecular complexity index is 750. The Balaban J connectivity index is 1.99. The van der Waals surface area contributed by atoms with E-state index in [-0.39, 0.29) is 5.97 Å². The summed E-state index contributed by atoms with van der Waals surface area (Å²) >= 11 is 0. The number of esters is 1. The summed E-state index contributed by atoms with van der Waals surface area (Å²) in [5.74, 6) is -0.0414. The lowest BCUT2D eigenvalue weighted by Gasteiger charge is -2.21. The van der Waals surface area contributed by atoms with E-state index in [9.17, 15) is 9.00 Å². The van der Waals surface area contributed by atoms with E-state index in [0.717, 1.165) is 20.9 Å². The summed E-state index contributed by atoms with van der Waals surface area (Å²) in [6, 6.07) is 13.0. The maximum atomic E-state index is 12.7. The Labute approximate surface area is 132 Å². The number of carbonyl (C=O) groups is 1. The van der Waals surface area contributed by atoms with Gasteiger partial charge in [-0.25, -0.2) is 9.00 Å². The van der Waals surface area contributed by atoms with Gasteiger partial charge in [-0.1, -0.05) is 38.1 Å². The van der Waals surface area contributed by atoms with Gasteiger partial charge in [0.25, 0.3) is 0 Å². The fourth-order valence-electron chi connectivity index (χ4n) is 2.57. The van der Waals surface area contributed by atoms with Crippen LogP contribution in [0.15, 0.2) is 52.3 Å². The van der Waals surface area contributed by atoms with Crippen molar-refractivity contribution >= 4 is 16.8 Å². The highest BCUT2D eigenvalue weighted by molar-refractivity contribution is 7.85. The second-order valence-corrected chi connectivity index (χ2v) is 7.24. The van der Waals surface area contributed by atoms with Crippen molar-refractivity contribution < 1.29 is 13.7 Å². The maximum absolute atomic E-state index is 12.7. The lowest BCUT2D eigenvalue weighted by atomic mass is 9.99. The predicted molar refractivity (Wildman–Crippen MR) is 85.5 cm³/mol. The zero-order valence-electron chi connectivity index (χ0n) is 12.7. The van der Waals surface area contributed by atoms with Gasteiger partial charge < -0.3 is 4.74 Å². The number of fused-ring (bicyclic) bond motifs is 2. The van der Waals surface area contributed by atoms with E-state index < -0.39 is 10.8 Å². The van der Waals surface area contributed by atoms with E-state index in [2.05, 4.69) is 0 Å². The molecule has 0 amide bonds. The molecule has 3 rings (SSSR count). The summed E-state index contributed by atoms with van der Waals surface area (Å²) in [4.78, 5) is 13.9. The Hall–Kier alpha value is -1.94. The van der Waals surface area contributed by atoms with Gasteiger partial charge in [0.2, 0.25) is 0 Å². The summed E-state index contributed by atoms with van der Waals surface area (Å²) in [6.45, 7) is 4.39. The van der Waals surface area contributed by atoms with Crippen LogP contribution in [0.4, 0.5) is 0 Å². The van der Waals surface area contributed by atoms with Crippen LogP contribution in [0.5, 0.6) is 0 Å². The first-order chi connectivity index (χ1) is 10.6. The number of hydrogen-bond acceptors (Lipinski definition) is 3. The monoisotopic (exact) mass is 314 g/mol. The van der Waals surface area contributed by atoms with Crippen molar-refractivity contribution in [3.8, 4) is 0 Å². The third-order valence-corrected chi connectivity index (χ3v) is 5.22. The average molecular weight is 314 g/mol. The second-order valence-electron chi connectivity index (χ2n) is 5.83. The van der Waals surface area contributed by atoms with Gasteiger partial charge >= 0.3 is 5.97 Å². The van der Waals surface area contributed by atoms with Crippen molar-refractivity contribution in [2.45, 2.75) is 30.1 Å². The van der Waals surface area contributed by atoms with Crippen LogP contribution < -0.4 is 0 Å². The topological polar surface area (TPSA) is 43.4 Å². The van der Waals surface area contributed by atoms with Crippen LogP contribution in [-0.4, -0.2) is 16.8 Å². The Morgan fingerprint density at radius 3 is 2.64 bits per heavy atom. The molecule has 0 N–H and O–H groups in total. The molecule has 1 heterocycles. The fourth-order valence-corrected chi connectivity index (χ4v) is 4.00. The molecule has 0 spiro atoms. The molecule has 0 aliphatic carbocycles. The molecule has 0 aromatic heterocycles. The van der Waals surface area contributed by atoms with Gasteiger partial charge in [-0.2, -0.15) is 0 Å². The van der Waals surface area contributed by atoms with E-state index in [1.165, 1.54) is 0 Å². The van der Waals surface area contributed by atoms with E-state index in [4.69, 9.17) is 4.74 Å². The van der Waals surface area contributed by atoms with E-state index in [0.29, 0.717) is 24.5 Å². The van der Waals surface area contributed by atoms with Crippen molar-refractivity contribution in [2.24, 2.45) is 5.92 Å². The summed E-state index contributed by atoms with van der Waals surface area (Å²) in [5.41, 5.74) is 2.37. The third kappa shape index (κ3) is 2.71. The standard InChI is InChI=1S/C18H18O3S/c1-12(2)11-21-18(19)14-7-5-9-17-15(14)10-13-6-3-4-8-16(13)22(17)20/h3-9,12H,10-11H2,1-2H3. The van der Waals surface area contributed by atoms with Crippen LogP contribution in [-0.2, 0) is 22.0 Å². The lowest BCUT2D eigenvalue weighted by Crippen LogP contribution is -2.17. The quantitative estimate of drug-likeness (QED) is 0.694. The SMILES string of the molecule is CC(C)COC(=O)c1cccc2c1Cc1ccccc1S2=O. The summed E-state index contributed by atoms with van der Waals surface area (Å²) in [7, 11) is -1.24. The molecule has 0 saturated carbocycles. The van der Waals surface area contributed by atoms with Crippen LogP contribution in [0.2, 0.25) is 0 Å². The molecular formula is C18H18O3S. The summed E-state index contributed by atoms with van der Waals surface area (Å²) < 4.78 is 18.0. The molecule has 3 nitrogen and oxygen atoms in total. The zero-order valence-corrected chi connectivity index (χ0v) is 13.5. The lowest BCUT2D eigenvalue weighted by molar-refractivity contribution is 0.0457. The minimum absolute atomic E-state index is 0.290. The molecule has 0 fully saturated rings. The highest BCUT2D eigenvalue weighted by Crippen LogP contribution is 2.33. The molecule has 1 aliphatic rings. The molecule has 2 aromatic rings. The van der Waals surface area contributed by atoms with Gasteiger partial charge in [-0.15, -0.1) is 0 Å². The van der Waals surface area contributed by atoms with Crippen LogP contribution in [0.3, 0.4) is 0 Å². The van der Waals surface area contributed by atoms with Gasteiger partial charge in [0.05, 0.1) is 23.0 Å². The second kappa shape index (κ2) is 6.05. The van der Waals surface area contributed by atoms with Crippen LogP contribution in [0.25, 0.3) is 0 Å². The van der Waals surface area contributed by atoms with Crippen molar-refractivity contribution in [2.75, 3.05) is 6.61 Å². The molecule has 22 heavy (non-hydrogen) atoms. The Morgan fingerprint density at radius 2 is 1.86 bits per heavy atom. The van der Waals surface area contributed by atoms with E-state index >= 15 is 0 Å². The summed E-state index contributed by atoms with van der Waals surface area (Å²) in [6.07, 6.45) is 0.615. The van der Waals surface area contributed by atoms with Crippen molar-refractivity contribution in [3.63, 3.8) is 0 Å². The van der Waals surface area contributed by atoms with Crippen molar-refractivity contribution in [1.82, 2.24) is 0 Å². The molecule has 0 bridgehead atoms. The van der Waals surface area contributed by atoms with Crippen molar-refractivity contribution in [1.29, 1.82) is 0 Å². The predicted octanol–water partition coefficient (Wildman–Crippen LogP) is 3.57. The van der Waals surface area contributed by atoms with Gasteiger partial charge in [-0.05, 0) is 35.2 Å². The number of ether oxygens (including phenoxy) is 1. The van der Waals surface area contributed by atoms with Crippen LogP contribution >= 0.6 is 0 Å². The third-order valence-electron chi connectivity index (χ3n) is 3.64. The molecule has 4 heteroatoms. The number of benzene rings is 2. The molecular weight excluding hydrogens is 296 g/mol. The number of carbonyl (C=O) groups excluding carboxylic acids is 1. The molecule has 0 saturated heterocycles. The molecule has 1 unspecified atom stereocenters. The highest BCUT2D eigenvalue weighted by Gasteiger charge is 2.26. The van der Waals surface area contributed by atoms with Gasteiger partial charge in [-0.3, -0.25) is 0 Å². The highest BCUT2D eigenvalue weighted by atomic mass is 32.2. The molecule has 1 aliphatic heterocycles. The van der Waals surface area contributed by atoms with Gasteiger partial charge in [0.15, 0.2) is 0 Å². The fraction of sp³-hybridized carbons (Fsp3) is 0.278. The van der Waals surface area contributed by atoms with Gasteiger partial charge in [0, 0.05) is 16.2 Å². The average Bonchev–Trinajstić information content (AvgIpc) is 2.52. The van der Waals surface area contributed by atoms with Crippen molar-refractivity contribution in [3.05, 3.63) is 59.2 Å². The molecule has 0 radical (unpaired) electrons. The molecule has 1 atom stereocenters. The maximum Gasteiger partial charge on any atom is 0.338 e. The van der Waals surface area contributed by atoms with E-state index in [1.807, 2.05) is 44.2 Å². The Morgan fingerprint density at radius 1 is 1.14 bits per heavy atom. The molecule has 114 valence electrons. The van der Waals surface area contributed by atoms with Gasteiger partial charge in [0.1, 0.15) is 0 Å². The zero-order chi connectivity index (χ0) is 15.7. The normalized spacial score (nSPS) is 16.0. The number of rotatable bonds is 3. The number of hydrogen-bond donors (Lipinski definition) is 0. The minimum Gasteiger partial charge on any atom is -0.462 e. The smallest absolute Gasteiger partial charge is 0.338 e. The minimum atomic E-state index is -1.24. The summed E-state index contributed by atoms with van der Waals surface area (Å²) in [5, 5.41) is 0. The molecule has 2 aromatic carbocycles.